The van der Waals surface area contributed by atoms with Crippen LogP contribution in [0, 0.1) is 0 Å². The molecule has 27 heavy (non-hydrogen) atoms. The van der Waals surface area contributed by atoms with Gasteiger partial charge in [-0.3, -0.25) is 9.78 Å². The number of aromatic nitrogens is 1. The highest BCUT2D eigenvalue weighted by Gasteiger charge is 2.24. The molecule has 1 aliphatic rings. The molecule has 0 unspecified atom stereocenters. The van der Waals surface area contributed by atoms with Crippen LogP contribution in [0.2, 0.25) is 0 Å². The molecule has 1 aliphatic heterocycles. The standard InChI is InChI=1S/C20H23N3O4/c1-20(2,19(25)26)27-17-7-3-6-16(13-17)22-9-11-23(12-10-22)18(24)15-5-4-8-21-14-15/h3-8,13-14H,9-12H2,1-2H3,(H,25,26)/p-1. The molecule has 2 heterocycles. The first-order valence-corrected chi connectivity index (χ1v) is 8.81. The van der Waals surface area contributed by atoms with Gasteiger partial charge >= 0.3 is 0 Å². The number of carbonyl (C=O) groups is 2. The second-order valence-electron chi connectivity index (χ2n) is 6.92. The minimum atomic E-state index is -1.41. The molecule has 0 bridgehead atoms. The Morgan fingerprint density at radius 1 is 1.11 bits per heavy atom. The number of hydrogen-bond acceptors (Lipinski definition) is 6. The highest BCUT2D eigenvalue weighted by molar-refractivity contribution is 5.94. The molecule has 0 atom stereocenters. The maximum atomic E-state index is 12.5. The summed E-state index contributed by atoms with van der Waals surface area (Å²) in [6.07, 6.45) is 3.22. The van der Waals surface area contributed by atoms with Crippen molar-refractivity contribution in [2.24, 2.45) is 0 Å². The Bertz CT molecular complexity index is 815. The molecule has 0 N–H and O–H groups in total. The van der Waals surface area contributed by atoms with Crippen LogP contribution in [0.1, 0.15) is 24.2 Å². The number of hydrogen-bond donors (Lipinski definition) is 0. The quantitative estimate of drug-likeness (QED) is 0.781. The van der Waals surface area contributed by atoms with E-state index in [-0.39, 0.29) is 5.91 Å². The molecule has 7 nitrogen and oxygen atoms in total. The van der Waals surface area contributed by atoms with Crippen LogP contribution in [0.3, 0.4) is 0 Å². The summed E-state index contributed by atoms with van der Waals surface area (Å²) in [6, 6.07) is 10.8. The maximum Gasteiger partial charge on any atom is 0.255 e. The zero-order valence-electron chi connectivity index (χ0n) is 15.4. The van der Waals surface area contributed by atoms with Gasteiger partial charge in [-0.25, -0.2) is 0 Å². The molecule has 3 rings (SSSR count). The first kappa shape index (κ1) is 18.7. The average molecular weight is 368 g/mol. The van der Waals surface area contributed by atoms with Crippen LogP contribution in [0.4, 0.5) is 5.69 Å². The van der Waals surface area contributed by atoms with Gasteiger partial charge in [-0.1, -0.05) is 6.07 Å². The summed E-state index contributed by atoms with van der Waals surface area (Å²) >= 11 is 0. The van der Waals surface area contributed by atoms with Crippen molar-refractivity contribution in [3.8, 4) is 5.75 Å². The van der Waals surface area contributed by atoms with Gasteiger partial charge in [0.15, 0.2) is 0 Å². The number of pyridine rings is 1. The Kier molecular flexibility index (Phi) is 5.30. The van der Waals surface area contributed by atoms with Gasteiger partial charge in [0, 0.05) is 50.3 Å². The second kappa shape index (κ2) is 7.65. The first-order chi connectivity index (χ1) is 12.9. The number of aliphatic carboxylic acids is 1. The van der Waals surface area contributed by atoms with E-state index in [9.17, 15) is 14.7 Å². The van der Waals surface area contributed by atoms with Gasteiger partial charge in [0.2, 0.25) is 0 Å². The molecule has 1 fully saturated rings. The molecule has 7 heteroatoms. The topological polar surface area (TPSA) is 85.8 Å². The van der Waals surface area contributed by atoms with Crippen LogP contribution in [0.5, 0.6) is 5.75 Å². The third kappa shape index (κ3) is 4.36. The summed E-state index contributed by atoms with van der Waals surface area (Å²) in [5, 5.41) is 11.1. The van der Waals surface area contributed by atoms with Crippen LogP contribution < -0.4 is 14.7 Å². The van der Waals surface area contributed by atoms with E-state index in [1.807, 2.05) is 23.1 Å². The molecular formula is C20H22N3O4-. The number of carboxylic acids is 1. The fourth-order valence-corrected chi connectivity index (χ4v) is 2.92. The first-order valence-electron chi connectivity index (χ1n) is 8.81. The molecule has 0 saturated carbocycles. The lowest BCUT2D eigenvalue weighted by Crippen LogP contribution is -2.49. The van der Waals surface area contributed by atoms with Gasteiger partial charge < -0.3 is 24.4 Å². The van der Waals surface area contributed by atoms with Gasteiger partial charge in [0.25, 0.3) is 5.91 Å². The normalized spacial score (nSPS) is 14.7. The molecule has 0 radical (unpaired) electrons. The van der Waals surface area contributed by atoms with Crippen LogP contribution in [0.25, 0.3) is 0 Å². The van der Waals surface area contributed by atoms with Gasteiger partial charge in [-0.2, -0.15) is 0 Å². The summed E-state index contributed by atoms with van der Waals surface area (Å²) in [4.78, 5) is 31.6. The number of benzene rings is 1. The number of amides is 1. The lowest BCUT2D eigenvalue weighted by Gasteiger charge is -2.36. The van der Waals surface area contributed by atoms with Crippen molar-refractivity contribution < 1.29 is 19.4 Å². The van der Waals surface area contributed by atoms with Crippen molar-refractivity contribution in [3.05, 3.63) is 54.4 Å². The van der Waals surface area contributed by atoms with Gasteiger partial charge in [0.05, 0.1) is 11.5 Å². The van der Waals surface area contributed by atoms with Crippen molar-refractivity contribution >= 4 is 17.6 Å². The number of ether oxygens (including phenoxy) is 1. The van der Waals surface area contributed by atoms with Crippen LogP contribution >= 0.6 is 0 Å². The molecule has 1 saturated heterocycles. The lowest BCUT2D eigenvalue weighted by atomic mass is 10.1. The molecule has 2 aromatic rings. The van der Waals surface area contributed by atoms with Gasteiger partial charge in [-0.05, 0) is 38.1 Å². The van der Waals surface area contributed by atoms with E-state index in [4.69, 9.17) is 4.74 Å². The third-order valence-electron chi connectivity index (χ3n) is 4.52. The van der Waals surface area contributed by atoms with Crippen LogP contribution in [-0.4, -0.2) is 53.5 Å². The SMILES string of the molecule is CC(C)(Oc1cccc(N2CCN(C(=O)c3cccnc3)CC2)c1)C(=O)[O-]. The average Bonchev–Trinajstić information content (AvgIpc) is 2.68. The van der Waals surface area contributed by atoms with Gasteiger partial charge in [-0.15, -0.1) is 0 Å². The van der Waals surface area contributed by atoms with Crippen molar-refractivity contribution in [1.29, 1.82) is 0 Å². The maximum absolute atomic E-state index is 12.5. The van der Waals surface area contributed by atoms with Crippen LogP contribution in [0.15, 0.2) is 48.8 Å². The Morgan fingerprint density at radius 2 is 1.85 bits per heavy atom. The molecule has 1 aromatic carbocycles. The molecule has 0 spiro atoms. The number of carbonyl (C=O) groups excluding carboxylic acids is 2. The van der Waals surface area contributed by atoms with E-state index >= 15 is 0 Å². The second-order valence-corrected chi connectivity index (χ2v) is 6.92. The smallest absolute Gasteiger partial charge is 0.255 e. The summed E-state index contributed by atoms with van der Waals surface area (Å²) in [5.74, 6) is -0.818. The fraction of sp³-hybridized carbons (Fsp3) is 0.350. The van der Waals surface area contributed by atoms with Crippen molar-refractivity contribution in [1.82, 2.24) is 9.88 Å². The van der Waals surface area contributed by atoms with Crippen molar-refractivity contribution in [2.45, 2.75) is 19.4 Å². The van der Waals surface area contributed by atoms with E-state index in [2.05, 4.69) is 9.88 Å². The van der Waals surface area contributed by atoms with E-state index < -0.39 is 11.6 Å². The summed E-state index contributed by atoms with van der Waals surface area (Å²) < 4.78 is 5.55. The predicted octanol–water partition coefficient (Wildman–Crippen LogP) is 0.951. The molecule has 1 amide bonds. The monoisotopic (exact) mass is 368 g/mol. The number of piperazine rings is 1. The van der Waals surface area contributed by atoms with E-state index in [0.29, 0.717) is 37.5 Å². The Labute approximate surface area is 158 Å². The fourth-order valence-electron chi connectivity index (χ4n) is 2.92. The predicted molar refractivity (Wildman–Crippen MR) is 98.5 cm³/mol. The van der Waals surface area contributed by atoms with E-state index in [1.54, 1.807) is 30.6 Å². The van der Waals surface area contributed by atoms with E-state index in [0.717, 1.165) is 5.69 Å². The zero-order chi connectivity index (χ0) is 19.4. The van der Waals surface area contributed by atoms with Crippen molar-refractivity contribution in [2.75, 3.05) is 31.1 Å². The highest BCUT2D eigenvalue weighted by Crippen LogP contribution is 2.25. The number of nitrogens with zero attached hydrogens (tertiary/aromatic N) is 3. The minimum absolute atomic E-state index is 0.0180. The molecular weight excluding hydrogens is 346 g/mol. The molecule has 1 aromatic heterocycles. The zero-order valence-corrected chi connectivity index (χ0v) is 15.4. The van der Waals surface area contributed by atoms with Crippen molar-refractivity contribution in [3.63, 3.8) is 0 Å². The highest BCUT2D eigenvalue weighted by atomic mass is 16.5. The summed E-state index contributed by atoms with van der Waals surface area (Å²) in [5.41, 5.74) is 0.106. The Morgan fingerprint density at radius 3 is 2.48 bits per heavy atom. The van der Waals surface area contributed by atoms with Crippen LogP contribution in [-0.2, 0) is 4.79 Å². The molecule has 0 aliphatic carbocycles. The Hall–Kier alpha value is -3.09. The van der Waals surface area contributed by atoms with Gasteiger partial charge in [0.1, 0.15) is 11.4 Å². The van der Waals surface area contributed by atoms with E-state index in [1.165, 1.54) is 13.8 Å². The number of anilines is 1. The Balaban J connectivity index is 1.64. The summed E-state index contributed by atoms with van der Waals surface area (Å²) in [7, 11) is 0. The largest absolute Gasteiger partial charge is 0.546 e. The lowest BCUT2D eigenvalue weighted by molar-refractivity contribution is -0.320. The molecule has 142 valence electrons. The summed E-state index contributed by atoms with van der Waals surface area (Å²) in [6.45, 7) is 5.47. The number of carboxylic acid groups (broad SMARTS) is 1. The third-order valence-corrected chi connectivity index (χ3v) is 4.52. The minimum Gasteiger partial charge on any atom is -0.546 e. The number of rotatable bonds is 5.